The van der Waals surface area contributed by atoms with Crippen molar-refractivity contribution in [2.45, 2.75) is 121 Å². The average molecular weight is 376 g/mol. The first-order chi connectivity index (χ1) is 12.5. The molecule has 6 atom stereocenters. The van der Waals surface area contributed by atoms with Crippen LogP contribution in [0, 0.1) is 0 Å². The van der Waals surface area contributed by atoms with Gasteiger partial charge in [0.2, 0.25) is 0 Å². The lowest BCUT2D eigenvalue weighted by atomic mass is 9.89. The van der Waals surface area contributed by atoms with Crippen molar-refractivity contribution < 1.29 is 25.2 Å². The van der Waals surface area contributed by atoms with Crippen LogP contribution in [-0.2, 0) is 4.74 Å². The third-order valence-electron chi connectivity index (χ3n) is 5.49. The van der Waals surface area contributed by atoms with Gasteiger partial charge in [0.1, 0.15) is 30.5 Å². The van der Waals surface area contributed by atoms with E-state index in [0.717, 1.165) is 12.8 Å². The molecule has 0 spiro atoms. The van der Waals surface area contributed by atoms with Crippen molar-refractivity contribution in [2.75, 3.05) is 6.61 Å². The third kappa shape index (κ3) is 8.19. The fourth-order valence-corrected chi connectivity index (χ4v) is 3.69. The molecule has 1 aliphatic rings. The number of unbranched alkanes of at least 4 members (excludes halogenated alkanes) is 10. The van der Waals surface area contributed by atoms with Gasteiger partial charge in [0, 0.05) is 6.04 Å². The van der Waals surface area contributed by atoms with Gasteiger partial charge >= 0.3 is 0 Å². The summed E-state index contributed by atoms with van der Waals surface area (Å²) in [5.41, 5.74) is 6.12. The van der Waals surface area contributed by atoms with Gasteiger partial charge in [-0.3, -0.25) is 0 Å². The van der Waals surface area contributed by atoms with E-state index in [0.29, 0.717) is 6.42 Å². The van der Waals surface area contributed by atoms with Crippen molar-refractivity contribution in [1.82, 2.24) is 0 Å². The summed E-state index contributed by atoms with van der Waals surface area (Å²) in [4.78, 5) is 0. The van der Waals surface area contributed by atoms with Gasteiger partial charge < -0.3 is 30.9 Å². The lowest BCUT2D eigenvalue weighted by Gasteiger charge is -2.42. The molecular weight excluding hydrogens is 334 g/mol. The molecule has 1 rings (SSSR count). The zero-order valence-corrected chi connectivity index (χ0v) is 16.4. The summed E-state index contributed by atoms with van der Waals surface area (Å²) in [5, 5.41) is 38.9. The Balaban J connectivity index is 2.10. The van der Waals surface area contributed by atoms with Crippen LogP contribution >= 0.6 is 0 Å². The van der Waals surface area contributed by atoms with Gasteiger partial charge in [-0.2, -0.15) is 0 Å². The van der Waals surface area contributed by atoms with Crippen LogP contribution in [0.5, 0.6) is 0 Å². The molecule has 0 radical (unpaired) electrons. The van der Waals surface area contributed by atoms with Gasteiger partial charge in [0.05, 0.1) is 6.61 Å². The fraction of sp³-hybridized carbons (Fsp3) is 1.00. The van der Waals surface area contributed by atoms with Crippen LogP contribution < -0.4 is 5.73 Å². The lowest BCUT2D eigenvalue weighted by Crippen LogP contribution is -2.62. The van der Waals surface area contributed by atoms with Crippen LogP contribution in [0.2, 0.25) is 0 Å². The highest BCUT2D eigenvalue weighted by molar-refractivity contribution is 4.95. The minimum atomic E-state index is -1.34. The van der Waals surface area contributed by atoms with Gasteiger partial charge in [0.25, 0.3) is 0 Å². The summed E-state index contributed by atoms with van der Waals surface area (Å²) >= 11 is 0. The lowest BCUT2D eigenvalue weighted by molar-refractivity contribution is -0.233. The van der Waals surface area contributed by atoms with Gasteiger partial charge in [-0.05, 0) is 6.42 Å². The molecule has 0 saturated carbocycles. The highest BCUT2D eigenvalue weighted by Gasteiger charge is 2.45. The summed E-state index contributed by atoms with van der Waals surface area (Å²) in [5.74, 6) is 0. The van der Waals surface area contributed by atoms with Crippen LogP contribution in [0.15, 0.2) is 0 Å². The summed E-state index contributed by atoms with van der Waals surface area (Å²) in [6.45, 7) is 1.83. The smallest absolute Gasteiger partial charge is 0.111 e. The summed E-state index contributed by atoms with van der Waals surface area (Å²) in [6.07, 6.45) is 9.03. The zero-order valence-electron chi connectivity index (χ0n) is 16.4. The van der Waals surface area contributed by atoms with Crippen LogP contribution in [0.1, 0.15) is 84.0 Å². The third-order valence-corrected chi connectivity index (χ3v) is 5.49. The molecule has 26 heavy (non-hydrogen) atoms. The van der Waals surface area contributed by atoms with E-state index >= 15 is 0 Å². The molecule has 0 bridgehead atoms. The van der Waals surface area contributed by atoms with E-state index in [1.165, 1.54) is 57.8 Å². The monoisotopic (exact) mass is 375 g/mol. The molecule has 1 fully saturated rings. The molecule has 0 aromatic rings. The van der Waals surface area contributed by atoms with Crippen LogP contribution in [0.3, 0.4) is 0 Å². The molecular formula is C20H41NO5. The number of hydrogen-bond donors (Lipinski definition) is 5. The zero-order chi connectivity index (χ0) is 19.4. The highest BCUT2D eigenvalue weighted by Crippen LogP contribution is 2.24. The number of nitrogens with two attached hydrogens (primary N) is 1. The fourth-order valence-electron chi connectivity index (χ4n) is 3.69. The van der Waals surface area contributed by atoms with Crippen LogP contribution in [0.4, 0.5) is 0 Å². The van der Waals surface area contributed by atoms with E-state index < -0.39 is 43.2 Å². The second-order valence-electron chi connectivity index (χ2n) is 7.78. The maximum atomic E-state index is 10.1. The minimum Gasteiger partial charge on any atom is -0.394 e. The molecule has 0 aromatic carbocycles. The second-order valence-corrected chi connectivity index (χ2v) is 7.78. The molecule has 6 heteroatoms. The molecule has 0 aromatic heterocycles. The quantitative estimate of drug-likeness (QED) is 0.296. The number of hydrogen-bond acceptors (Lipinski definition) is 6. The van der Waals surface area contributed by atoms with Crippen molar-refractivity contribution >= 4 is 0 Å². The Hall–Kier alpha value is -0.240. The van der Waals surface area contributed by atoms with Crippen LogP contribution in [-0.4, -0.2) is 63.6 Å². The topological polar surface area (TPSA) is 116 Å². The first kappa shape index (κ1) is 23.8. The maximum Gasteiger partial charge on any atom is 0.111 e. The molecule has 1 saturated heterocycles. The highest BCUT2D eigenvalue weighted by atomic mass is 16.5. The Bertz CT molecular complexity index is 342. The van der Waals surface area contributed by atoms with E-state index in [4.69, 9.17) is 10.5 Å². The van der Waals surface area contributed by atoms with E-state index in [-0.39, 0.29) is 0 Å². The molecule has 1 aliphatic heterocycles. The number of aliphatic hydroxyl groups excluding tert-OH is 4. The average Bonchev–Trinajstić information content (AvgIpc) is 2.64. The number of aliphatic hydroxyl groups is 4. The molecule has 2 unspecified atom stereocenters. The summed E-state index contributed by atoms with van der Waals surface area (Å²) in [7, 11) is 0. The summed E-state index contributed by atoms with van der Waals surface area (Å²) < 4.78 is 5.51. The Morgan fingerprint density at radius 3 is 1.77 bits per heavy atom. The molecule has 0 aliphatic carbocycles. The van der Waals surface area contributed by atoms with Crippen LogP contribution in [0.25, 0.3) is 0 Å². The minimum absolute atomic E-state index is 0.410. The van der Waals surface area contributed by atoms with E-state index in [2.05, 4.69) is 6.92 Å². The van der Waals surface area contributed by atoms with Crippen molar-refractivity contribution in [3.05, 3.63) is 0 Å². The van der Waals surface area contributed by atoms with E-state index in [1.807, 2.05) is 0 Å². The maximum absolute atomic E-state index is 10.1. The van der Waals surface area contributed by atoms with Gasteiger partial charge in [-0.1, -0.05) is 77.6 Å². The molecule has 6 nitrogen and oxygen atoms in total. The summed E-state index contributed by atoms with van der Waals surface area (Å²) in [6, 6.07) is -0.417. The first-order valence-corrected chi connectivity index (χ1v) is 10.6. The molecule has 1 heterocycles. The van der Waals surface area contributed by atoms with Gasteiger partial charge in [0.15, 0.2) is 0 Å². The Kier molecular flexibility index (Phi) is 12.7. The predicted molar refractivity (Wildman–Crippen MR) is 103 cm³/mol. The number of rotatable bonds is 14. The van der Waals surface area contributed by atoms with Crippen molar-refractivity contribution in [3.8, 4) is 0 Å². The normalized spacial score (nSPS) is 30.5. The largest absolute Gasteiger partial charge is 0.394 e. The van der Waals surface area contributed by atoms with Crippen molar-refractivity contribution in [1.29, 1.82) is 0 Å². The standard InChI is InChI=1S/C20H41NO5/c1-2-3-4-5-6-7-8-9-10-11-12-13-15(21)20-19(25)18(24)17(23)16(14-22)26-20/h15-20,22-25H,2-14,21H2,1H3/t15?,16-,17+,18+,19-,20?/m1/s1. The molecule has 156 valence electrons. The number of ether oxygens (including phenoxy) is 1. The van der Waals surface area contributed by atoms with Gasteiger partial charge in [-0.15, -0.1) is 0 Å². The SMILES string of the molecule is CCCCCCCCCCCCCC(N)C1O[C@H](CO)[C@H](O)[C@H](O)[C@H]1O. The van der Waals surface area contributed by atoms with E-state index in [9.17, 15) is 20.4 Å². The van der Waals surface area contributed by atoms with Crippen molar-refractivity contribution in [2.24, 2.45) is 5.73 Å². The predicted octanol–water partition coefficient (Wildman–Crippen LogP) is 1.86. The van der Waals surface area contributed by atoms with Crippen molar-refractivity contribution in [3.63, 3.8) is 0 Å². The molecule has 0 amide bonds. The first-order valence-electron chi connectivity index (χ1n) is 10.6. The Labute approximate surface area is 158 Å². The van der Waals surface area contributed by atoms with E-state index in [1.54, 1.807) is 0 Å². The second kappa shape index (κ2) is 13.9. The Morgan fingerprint density at radius 2 is 1.27 bits per heavy atom. The Morgan fingerprint density at radius 1 is 0.769 bits per heavy atom. The molecule has 6 N–H and O–H groups in total. The van der Waals surface area contributed by atoms with Gasteiger partial charge in [-0.25, -0.2) is 0 Å².